The van der Waals surface area contributed by atoms with Crippen molar-refractivity contribution in [3.63, 3.8) is 0 Å². The number of nitrogens with zero attached hydrogens (tertiary/aromatic N) is 7. The smallest absolute Gasteiger partial charge is 0.422 e. The Balaban J connectivity index is 1.25. The molecule has 2 N–H and O–H groups in total. The number of nitriles is 1. The van der Waals surface area contributed by atoms with Gasteiger partial charge in [-0.2, -0.15) is 23.5 Å². The summed E-state index contributed by atoms with van der Waals surface area (Å²) in [6, 6.07) is 1.42. The molecule has 0 aliphatic carbocycles. The van der Waals surface area contributed by atoms with Crippen molar-refractivity contribution in [3.8, 4) is 6.07 Å². The van der Waals surface area contributed by atoms with Crippen LogP contribution in [-0.2, 0) is 17.5 Å². The van der Waals surface area contributed by atoms with E-state index in [1.165, 1.54) is 12.4 Å². The molecule has 15 heteroatoms. The van der Waals surface area contributed by atoms with Gasteiger partial charge in [0.1, 0.15) is 18.2 Å². The fourth-order valence-corrected chi connectivity index (χ4v) is 3.78. The van der Waals surface area contributed by atoms with Gasteiger partial charge in [-0.1, -0.05) is 0 Å². The Kier molecular flexibility index (Phi) is 7.44. The number of hydrogen-bond donors (Lipinski definition) is 2. The van der Waals surface area contributed by atoms with Crippen molar-refractivity contribution < 1.29 is 22.3 Å². The highest BCUT2D eigenvalue weighted by molar-refractivity contribution is 5.50. The van der Waals surface area contributed by atoms with Crippen LogP contribution < -0.4 is 15.8 Å². The number of hydrogen-bond acceptors (Lipinski definition) is 11. The second-order valence-electron chi connectivity index (χ2n) is 8.22. The topological polar surface area (TPSA) is 159 Å². The highest BCUT2D eigenvalue weighted by atomic mass is 19.4. The largest absolute Gasteiger partial charge is 0.423 e. The molecule has 36 heavy (non-hydrogen) atoms. The molecule has 1 fully saturated rings. The highest BCUT2D eigenvalue weighted by Gasteiger charge is 2.37. The van der Waals surface area contributed by atoms with Crippen LogP contribution in [0.1, 0.15) is 48.6 Å². The maximum absolute atomic E-state index is 13.2. The van der Waals surface area contributed by atoms with E-state index in [0.29, 0.717) is 30.5 Å². The number of aromatic amines is 1. The van der Waals surface area contributed by atoms with Crippen LogP contribution in [0.3, 0.4) is 0 Å². The van der Waals surface area contributed by atoms with Gasteiger partial charge in [-0.3, -0.25) is 4.79 Å². The zero-order chi connectivity index (χ0) is 25.7. The molecule has 0 radical (unpaired) electrons. The summed E-state index contributed by atoms with van der Waals surface area (Å²) >= 11 is 0. The summed E-state index contributed by atoms with van der Waals surface area (Å²) in [5.41, 5.74) is -2.70. The van der Waals surface area contributed by atoms with Crippen LogP contribution in [-0.4, -0.2) is 56.1 Å². The zero-order valence-corrected chi connectivity index (χ0v) is 19.1. The van der Waals surface area contributed by atoms with Crippen LogP contribution in [0.4, 0.5) is 24.8 Å². The van der Waals surface area contributed by atoms with Crippen LogP contribution in [0.25, 0.3) is 0 Å². The zero-order valence-electron chi connectivity index (χ0n) is 19.1. The van der Waals surface area contributed by atoms with E-state index in [1.54, 1.807) is 12.0 Å². The molecule has 12 nitrogen and oxygen atoms in total. The molecule has 1 aliphatic heterocycles. The minimum Gasteiger partial charge on any atom is -0.422 e. The molecular formula is C21H22F3N9O3. The predicted octanol–water partition coefficient (Wildman–Crippen LogP) is 2.23. The van der Waals surface area contributed by atoms with Gasteiger partial charge in [0.15, 0.2) is 0 Å². The third-order valence-electron chi connectivity index (χ3n) is 5.51. The number of anilines is 2. The Labute approximate surface area is 202 Å². The second kappa shape index (κ2) is 10.7. The number of halogens is 3. The molecule has 0 saturated carbocycles. The summed E-state index contributed by atoms with van der Waals surface area (Å²) < 4.78 is 50.7. The van der Waals surface area contributed by atoms with Gasteiger partial charge < -0.3 is 19.4 Å². The Morgan fingerprint density at radius 2 is 2.00 bits per heavy atom. The first-order valence-corrected chi connectivity index (χ1v) is 11.0. The van der Waals surface area contributed by atoms with Gasteiger partial charge in [-0.15, -0.1) is 10.2 Å². The number of rotatable bonds is 8. The first-order valence-electron chi connectivity index (χ1n) is 11.0. The van der Waals surface area contributed by atoms with Crippen LogP contribution in [0.2, 0.25) is 0 Å². The lowest BCUT2D eigenvalue weighted by Gasteiger charge is -2.30. The molecule has 4 heterocycles. The summed E-state index contributed by atoms with van der Waals surface area (Å²) in [5.74, 6) is 1.37. The SMILES string of the molecule is CC(COCc1nnc(C2CCN(c3ncc(C#N)cn3)CC2)o1)Nc1cn[nH]c(=O)c1C(F)(F)F. The van der Waals surface area contributed by atoms with E-state index in [2.05, 4.69) is 30.6 Å². The summed E-state index contributed by atoms with van der Waals surface area (Å²) in [7, 11) is 0. The van der Waals surface area contributed by atoms with Gasteiger partial charge >= 0.3 is 6.18 Å². The van der Waals surface area contributed by atoms with E-state index in [9.17, 15) is 18.0 Å². The van der Waals surface area contributed by atoms with Crippen molar-refractivity contribution in [2.45, 2.75) is 44.5 Å². The van der Waals surface area contributed by atoms with E-state index < -0.39 is 29.0 Å². The van der Waals surface area contributed by atoms with Gasteiger partial charge in [0.05, 0.1) is 36.4 Å². The molecule has 0 amide bonds. The molecule has 1 unspecified atom stereocenters. The van der Waals surface area contributed by atoms with E-state index in [-0.39, 0.29) is 25.0 Å². The molecule has 4 rings (SSSR count). The van der Waals surface area contributed by atoms with Crippen LogP contribution in [0.5, 0.6) is 0 Å². The van der Waals surface area contributed by atoms with Gasteiger partial charge in [-0.25, -0.2) is 15.1 Å². The molecule has 1 saturated heterocycles. The Morgan fingerprint density at radius 3 is 2.67 bits per heavy atom. The molecule has 0 bridgehead atoms. The maximum Gasteiger partial charge on any atom is 0.423 e. The average Bonchev–Trinajstić information content (AvgIpc) is 3.32. The van der Waals surface area contributed by atoms with Gasteiger partial charge in [0.2, 0.25) is 17.7 Å². The number of aromatic nitrogens is 6. The third kappa shape index (κ3) is 5.95. The molecule has 3 aromatic rings. The van der Waals surface area contributed by atoms with Crippen molar-refractivity contribution in [3.05, 3.63) is 51.9 Å². The second-order valence-corrected chi connectivity index (χ2v) is 8.22. The monoisotopic (exact) mass is 505 g/mol. The lowest BCUT2D eigenvalue weighted by atomic mass is 9.97. The minimum absolute atomic E-state index is 0.0172. The van der Waals surface area contributed by atoms with Gasteiger partial charge in [0.25, 0.3) is 5.56 Å². The number of alkyl halides is 3. The molecule has 1 aliphatic rings. The predicted molar refractivity (Wildman–Crippen MR) is 118 cm³/mol. The van der Waals surface area contributed by atoms with Crippen molar-refractivity contribution in [2.24, 2.45) is 0 Å². The molecule has 190 valence electrons. The summed E-state index contributed by atoms with van der Waals surface area (Å²) in [6.07, 6.45) is 0.549. The van der Waals surface area contributed by atoms with Crippen LogP contribution in [0.15, 0.2) is 27.8 Å². The van der Waals surface area contributed by atoms with Gasteiger partial charge in [0, 0.05) is 25.0 Å². The van der Waals surface area contributed by atoms with E-state index in [0.717, 1.165) is 19.0 Å². The molecule has 0 aromatic carbocycles. The van der Waals surface area contributed by atoms with E-state index in [1.807, 2.05) is 11.0 Å². The van der Waals surface area contributed by atoms with E-state index in [4.69, 9.17) is 14.4 Å². The Hall–Kier alpha value is -4.06. The molecule has 1 atom stereocenters. The molecular weight excluding hydrogens is 483 g/mol. The summed E-state index contributed by atoms with van der Waals surface area (Å²) in [6.45, 7) is 2.98. The van der Waals surface area contributed by atoms with Gasteiger partial charge in [-0.05, 0) is 19.8 Å². The first-order chi connectivity index (χ1) is 17.2. The summed E-state index contributed by atoms with van der Waals surface area (Å²) in [4.78, 5) is 22.0. The highest BCUT2D eigenvalue weighted by Crippen LogP contribution is 2.32. The Bertz CT molecular complexity index is 1260. The quantitative estimate of drug-likeness (QED) is 0.462. The third-order valence-corrected chi connectivity index (χ3v) is 5.51. The normalized spacial score (nSPS) is 15.5. The van der Waals surface area contributed by atoms with Crippen molar-refractivity contribution in [2.75, 3.05) is 29.9 Å². The summed E-state index contributed by atoms with van der Waals surface area (Å²) in [5, 5.41) is 24.8. The maximum atomic E-state index is 13.2. The number of H-pyrrole nitrogens is 1. The molecule has 3 aromatic heterocycles. The number of ether oxygens (including phenoxy) is 1. The lowest BCUT2D eigenvalue weighted by molar-refractivity contribution is -0.138. The van der Waals surface area contributed by atoms with Crippen molar-refractivity contribution in [1.82, 2.24) is 30.4 Å². The minimum atomic E-state index is -4.83. The fraction of sp³-hybridized carbons (Fsp3) is 0.476. The van der Waals surface area contributed by atoms with Crippen molar-refractivity contribution >= 4 is 11.6 Å². The van der Waals surface area contributed by atoms with Crippen LogP contribution >= 0.6 is 0 Å². The Morgan fingerprint density at radius 1 is 1.28 bits per heavy atom. The van der Waals surface area contributed by atoms with Crippen LogP contribution in [0, 0.1) is 11.3 Å². The number of nitrogens with one attached hydrogen (secondary N) is 2. The van der Waals surface area contributed by atoms with Crippen molar-refractivity contribution in [1.29, 1.82) is 5.26 Å². The fourth-order valence-electron chi connectivity index (χ4n) is 3.78. The lowest BCUT2D eigenvalue weighted by Crippen LogP contribution is -2.34. The van der Waals surface area contributed by atoms with E-state index >= 15 is 0 Å². The standard InChI is InChI=1S/C21H22F3N9O3/c1-12(29-15-9-28-31-18(34)17(15)21(22,23)24)10-35-11-16-30-32-19(36-16)14-2-4-33(5-3-14)20-26-7-13(6-25)8-27-20/h7-9,12,14H,2-5,10-11H2,1H3,(H2,29,31,34). The molecule has 0 spiro atoms. The average molecular weight is 505 g/mol. The number of piperidine rings is 1. The first kappa shape index (κ1) is 25.0.